The molecule has 2 atom stereocenters. The second kappa shape index (κ2) is 9.92. The summed E-state index contributed by atoms with van der Waals surface area (Å²) in [7, 11) is 1.61. The Hall–Kier alpha value is -4.05. The maximum atomic E-state index is 14.1. The van der Waals surface area contributed by atoms with Crippen molar-refractivity contribution < 1.29 is 18.8 Å². The number of nitrogens with two attached hydrogens (primary N) is 1. The van der Waals surface area contributed by atoms with E-state index < -0.39 is 22.9 Å². The fraction of sp³-hybridized carbons (Fsp3) is 0.379. The van der Waals surface area contributed by atoms with E-state index in [9.17, 15) is 18.8 Å². The average molecular weight is 533 g/mol. The van der Waals surface area contributed by atoms with Crippen LogP contribution in [-0.4, -0.2) is 70.0 Å². The lowest BCUT2D eigenvalue weighted by molar-refractivity contribution is -0.142. The molecule has 0 radical (unpaired) electrons. The number of carbonyl (C=O) groups is 3. The predicted octanol–water partition coefficient (Wildman–Crippen LogP) is 2.36. The lowest BCUT2D eigenvalue weighted by atomic mass is 9.73. The summed E-state index contributed by atoms with van der Waals surface area (Å²) in [5.41, 5.74) is 7.12. The summed E-state index contributed by atoms with van der Waals surface area (Å²) >= 11 is 0. The zero-order chi connectivity index (χ0) is 27.9. The lowest BCUT2D eigenvalue weighted by Crippen LogP contribution is -2.61. The van der Waals surface area contributed by atoms with Crippen LogP contribution in [0.2, 0.25) is 0 Å². The Bertz CT molecular complexity index is 1460. The molecule has 5 rings (SSSR count). The van der Waals surface area contributed by atoms with E-state index >= 15 is 0 Å². The Labute approximate surface area is 226 Å². The van der Waals surface area contributed by atoms with Gasteiger partial charge in [0.15, 0.2) is 0 Å². The van der Waals surface area contributed by atoms with Gasteiger partial charge in [0.1, 0.15) is 17.3 Å². The minimum atomic E-state index is -1.19. The van der Waals surface area contributed by atoms with E-state index in [1.165, 1.54) is 17.1 Å². The van der Waals surface area contributed by atoms with Gasteiger partial charge in [-0.05, 0) is 49.6 Å². The summed E-state index contributed by atoms with van der Waals surface area (Å²) in [6.45, 7) is 3.64. The first-order valence-corrected chi connectivity index (χ1v) is 13.0. The topological polar surface area (TPSA) is 124 Å². The second-order valence-electron chi connectivity index (χ2n) is 11.1. The Morgan fingerprint density at radius 3 is 2.64 bits per heavy atom. The zero-order valence-electron chi connectivity index (χ0n) is 22.3. The summed E-state index contributed by atoms with van der Waals surface area (Å²) in [5.74, 6) is -1.31. The standard InChI is InChI=1S/C29H33FN6O3/c1-28(2,31)26(38)33-23(14-19-16-32-22-7-5-4-6-21(19)22)25(37)36-13-12-24-29(17-36,27(39)35(3)34-24)15-18-8-10-20(30)11-9-18/h4-11,16,23,32H,12-15,17,31H2,1-3H3,(H,33,38)/t23-,29+/m1/s1. The predicted molar refractivity (Wildman–Crippen MR) is 146 cm³/mol. The van der Waals surface area contributed by atoms with Crippen molar-refractivity contribution in [3.63, 3.8) is 0 Å². The highest BCUT2D eigenvalue weighted by Crippen LogP contribution is 2.38. The van der Waals surface area contributed by atoms with Crippen molar-refractivity contribution in [2.24, 2.45) is 16.3 Å². The smallest absolute Gasteiger partial charge is 0.256 e. The molecular formula is C29H33FN6O3. The first-order valence-electron chi connectivity index (χ1n) is 13.0. The number of carbonyl (C=O) groups excluding carboxylic acids is 3. The molecule has 9 nitrogen and oxygen atoms in total. The van der Waals surface area contributed by atoms with Crippen LogP contribution in [0.15, 0.2) is 59.8 Å². The number of aromatic amines is 1. The largest absolute Gasteiger partial charge is 0.361 e. The minimum Gasteiger partial charge on any atom is -0.361 e. The molecule has 39 heavy (non-hydrogen) atoms. The number of hydrogen-bond acceptors (Lipinski definition) is 5. The van der Waals surface area contributed by atoms with Crippen LogP contribution in [0.5, 0.6) is 0 Å². The number of para-hydroxylation sites is 1. The molecule has 4 N–H and O–H groups in total. The van der Waals surface area contributed by atoms with E-state index in [-0.39, 0.29) is 37.0 Å². The number of nitrogens with one attached hydrogen (secondary N) is 2. The van der Waals surface area contributed by atoms with E-state index in [4.69, 9.17) is 5.73 Å². The Kier molecular flexibility index (Phi) is 6.76. The van der Waals surface area contributed by atoms with Gasteiger partial charge in [-0.3, -0.25) is 14.4 Å². The van der Waals surface area contributed by atoms with Gasteiger partial charge in [-0.2, -0.15) is 5.10 Å². The number of piperidine rings is 1. The number of amides is 3. The molecule has 0 bridgehead atoms. The zero-order valence-corrected chi connectivity index (χ0v) is 22.3. The number of aromatic nitrogens is 1. The number of fused-ring (bicyclic) bond motifs is 2. The number of likely N-dealkylation sites (tertiary alicyclic amines) is 1. The highest BCUT2D eigenvalue weighted by atomic mass is 19.1. The molecule has 204 valence electrons. The Morgan fingerprint density at radius 1 is 1.21 bits per heavy atom. The highest BCUT2D eigenvalue weighted by molar-refractivity contribution is 6.13. The highest BCUT2D eigenvalue weighted by Gasteiger charge is 2.54. The molecule has 0 saturated carbocycles. The molecule has 0 spiro atoms. The molecule has 1 aromatic heterocycles. The summed E-state index contributed by atoms with van der Waals surface area (Å²) in [5, 5.41) is 9.65. The second-order valence-corrected chi connectivity index (χ2v) is 11.1. The van der Waals surface area contributed by atoms with Crippen molar-refractivity contribution in [2.45, 2.75) is 44.7 Å². The molecule has 2 aliphatic rings. The van der Waals surface area contributed by atoms with Crippen molar-refractivity contribution in [3.8, 4) is 0 Å². The van der Waals surface area contributed by atoms with Gasteiger partial charge in [0.2, 0.25) is 11.8 Å². The molecule has 1 fully saturated rings. The fourth-order valence-corrected chi connectivity index (χ4v) is 5.51. The Balaban J connectivity index is 1.45. The molecule has 3 aromatic rings. The normalized spacial score (nSPS) is 20.1. The van der Waals surface area contributed by atoms with Gasteiger partial charge in [-0.15, -0.1) is 0 Å². The van der Waals surface area contributed by atoms with Crippen LogP contribution < -0.4 is 11.1 Å². The molecule has 2 aliphatic heterocycles. The fourth-order valence-electron chi connectivity index (χ4n) is 5.51. The molecule has 3 amide bonds. The van der Waals surface area contributed by atoms with Crippen molar-refractivity contribution in [2.75, 3.05) is 20.1 Å². The number of halogens is 1. The monoisotopic (exact) mass is 532 g/mol. The van der Waals surface area contributed by atoms with E-state index in [1.807, 2.05) is 30.5 Å². The van der Waals surface area contributed by atoms with E-state index in [2.05, 4.69) is 15.4 Å². The third-order valence-corrected chi connectivity index (χ3v) is 7.62. The maximum Gasteiger partial charge on any atom is 0.256 e. The molecule has 2 aromatic carbocycles. The third-order valence-electron chi connectivity index (χ3n) is 7.62. The minimum absolute atomic E-state index is 0.109. The molecule has 0 aliphatic carbocycles. The van der Waals surface area contributed by atoms with Crippen LogP contribution in [0, 0.1) is 11.2 Å². The van der Waals surface area contributed by atoms with E-state index in [0.717, 1.165) is 22.0 Å². The van der Waals surface area contributed by atoms with Gasteiger partial charge in [0.25, 0.3) is 5.91 Å². The Morgan fingerprint density at radius 2 is 1.92 bits per heavy atom. The summed E-state index contributed by atoms with van der Waals surface area (Å²) in [6, 6.07) is 12.9. The van der Waals surface area contributed by atoms with Crippen LogP contribution in [0.3, 0.4) is 0 Å². The lowest BCUT2D eigenvalue weighted by Gasteiger charge is -2.41. The van der Waals surface area contributed by atoms with Crippen LogP contribution in [0.1, 0.15) is 31.4 Å². The van der Waals surface area contributed by atoms with Crippen molar-refractivity contribution in [1.82, 2.24) is 20.2 Å². The van der Waals surface area contributed by atoms with E-state index in [0.29, 0.717) is 18.7 Å². The number of H-pyrrole nitrogens is 1. The van der Waals surface area contributed by atoms with Gasteiger partial charge < -0.3 is 20.9 Å². The van der Waals surface area contributed by atoms with Gasteiger partial charge in [0.05, 0.1) is 11.3 Å². The van der Waals surface area contributed by atoms with Crippen molar-refractivity contribution in [3.05, 3.63) is 71.7 Å². The number of hydrogen-bond donors (Lipinski definition) is 3. The molecule has 3 heterocycles. The number of benzene rings is 2. The number of nitrogens with zero attached hydrogens (tertiary/aromatic N) is 3. The molecule has 10 heteroatoms. The average Bonchev–Trinajstić information content (AvgIpc) is 3.42. The van der Waals surface area contributed by atoms with Crippen LogP contribution in [0.25, 0.3) is 10.9 Å². The quantitative estimate of drug-likeness (QED) is 0.432. The van der Waals surface area contributed by atoms with Crippen LogP contribution >= 0.6 is 0 Å². The first-order chi connectivity index (χ1) is 18.5. The van der Waals surface area contributed by atoms with E-state index in [1.54, 1.807) is 37.9 Å². The van der Waals surface area contributed by atoms with Crippen LogP contribution in [0.4, 0.5) is 4.39 Å². The van der Waals surface area contributed by atoms with Crippen molar-refractivity contribution >= 4 is 34.3 Å². The van der Waals surface area contributed by atoms with Gasteiger partial charge in [0, 0.05) is 50.1 Å². The summed E-state index contributed by atoms with van der Waals surface area (Å²) < 4.78 is 13.6. The third kappa shape index (κ3) is 5.04. The summed E-state index contributed by atoms with van der Waals surface area (Å²) in [6.07, 6.45) is 2.80. The van der Waals surface area contributed by atoms with Gasteiger partial charge >= 0.3 is 0 Å². The maximum absolute atomic E-state index is 14.1. The molecule has 1 saturated heterocycles. The SMILES string of the molecule is CN1N=C2CCN(C(=O)[C@@H](Cc3c[nH]c4ccccc34)NC(=O)C(C)(C)N)C[C@]2(Cc2ccc(F)cc2)C1=O. The van der Waals surface area contributed by atoms with Crippen LogP contribution in [-0.2, 0) is 27.2 Å². The molecule has 0 unspecified atom stereocenters. The number of rotatable bonds is 7. The number of hydrazone groups is 1. The van der Waals surface area contributed by atoms with Gasteiger partial charge in [-0.1, -0.05) is 30.3 Å². The van der Waals surface area contributed by atoms with Crippen molar-refractivity contribution in [1.29, 1.82) is 0 Å². The molecular weight excluding hydrogens is 499 g/mol. The summed E-state index contributed by atoms with van der Waals surface area (Å²) in [4.78, 5) is 45.4. The van der Waals surface area contributed by atoms with Gasteiger partial charge in [-0.25, -0.2) is 9.40 Å². The first kappa shape index (κ1) is 26.6.